The minimum Gasteiger partial charge on any atom is -0.346 e. The van der Waals surface area contributed by atoms with Gasteiger partial charge in [0.2, 0.25) is 0 Å². The molecular weight excluding hydrogens is 210 g/mol. The predicted octanol–water partition coefficient (Wildman–Crippen LogP) is 3.89. The molecule has 1 aromatic heterocycles. The highest BCUT2D eigenvalue weighted by Crippen LogP contribution is 2.21. The average molecular weight is 229 g/mol. The van der Waals surface area contributed by atoms with E-state index in [1.54, 1.807) is 0 Å². The van der Waals surface area contributed by atoms with Crippen LogP contribution in [-0.4, -0.2) is 10.9 Å². The Labute approximate surface area is 102 Å². The first-order valence-electron chi connectivity index (χ1n) is 6.29. The molecule has 0 aliphatic heterocycles. The van der Waals surface area contributed by atoms with Crippen LogP contribution >= 0.6 is 0 Å². The van der Waals surface area contributed by atoms with Gasteiger partial charge in [0, 0.05) is 29.2 Å². The molecule has 90 valence electrons. The maximum Gasteiger partial charge on any atom is 0.152 e. The van der Waals surface area contributed by atoms with Crippen molar-refractivity contribution in [2.24, 2.45) is 5.92 Å². The first kappa shape index (κ1) is 11.9. The molecule has 0 saturated carbocycles. The predicted molar refractivity (Wildman–Crippen MR) is 71.4 cm³/mol. The van der Waals surface area contributed by atoms with Crippen LogP contribution in [-0.2, 0) is 6.54 Å². The SMILES string of the molecule is CCCC(C)Cn1cc(C=O)c2ccccc21. The summed E-state index contributed by atoms with van der Waals surface area (Å²) in [6.45, 7) is 5.46. The summed E-state index contributed by atoms with van der Waals surface area (Å²) in [5, 5.41) is 1.06. The largest absolute Gasteiger partial charge is 0.346 e. The molecule has 1 aromatic carbocycles. The maximum absolute atomic E-state index is 11.0. The maximum atomic E-state index is 11.0. The molecule has 0 aliphatic rings. The van der Waals surface area contributed by atoms with Crippen molar-refractivity contribution in [1.29, 1.82) is 0 Å². The van der Waals surface area contributed by atoms with Crippen LogP contribution in [0.5, 0.6) is 0 Å². The summed E-state index contributed by atoms with van der Waals surface area (Å²) in [5.41, 5.74) is 1.96. The second kappa shape index (κ2) is 5.17. The Kier molecular flexibility index (Phi) is 3.62. The van der Waals surface area contributed by atoms with Crippen LogP contribution < -0.4 is 0 Å². The molecule has 0 amide bonds. The van der Waals surface area contributed by atoms with E-state index in [0.717, 1.165) is 29.3 Å². The number of fused-ring (bicyclic) bond motifs is 1. The first-order chi connectivity index (χ1) is 8.26. The molecule has 0 spiro atoms. The fourth-order valence-corrected chi connectivity index (χ4v) is 2.44. The van der Waals surface area contributed by atoms with E-state index in [1.165, 1.54) is 12.8 Å². The van der Waals surface area contributed by atoms with E-state index in [9.17, 15) is 4.79 Å². The normalized spacial score (nSPS) is 12.8. The second-order valence-corrected chi connectivity index (χ2v) is 4.77. The van der Waals surface area contributed by atoms with E-state index < -0.39 is 0 Å². The van der Waals surface area contributed by atoms with Crippen molar-refractivity contribution in [2.75, 3.05) is 0 Å². The number of para-hydroxylation sites is 1. The number of benzene rings is 1. The zero-order chi connectivity index (χ0) is 12.3. The molecule has 2 nitrogen and oxygen atoms in total. The number of aromatic nitrogens is 1. The molecule has 1 atom stereocenters. The van der Waals surface area contributed by atoms with Gasteiger partial charge in [0.05, 0.1) is 0 Å². The van der Waals surface area contributed by atoms with Crippen molar-refractivity contribution < 1.29 is 4.79 Å². The van der Waals surface area contributed by atoms with Crippen LogP contribution in [0.2, 0.25) is 0 Å². The first-order valence-corrected chi connectivity index (χ1v) is 6.29. The van der Waals surface area contributed by atoms with E-state index in [0.29, 0.717) is 5.92 Å². The summed E-state index contributed by atoms with van der Waals surface area (Å²) in [5.74, 6) is 0.648. The third-order valence-electron chi connectivity index (χ3n) is 3.24. The Morgan fingerprint density at radius 2 is 2.12 bits per heavy atom. The van der Waals surface area contributed by atoms with Gasteiger partial charge < -0.3 is 4.57 Å². The molecule has 1 heterocycles. The molecule has 0 bridgehead atoms. The fourth-order valence-electron chi connectivity index (χ4n) is 2.44. The quantitative estimate of drug-likeness (QED) is 0.713. The lowest BCUT2D eigenvalue weighted by Gasteiger charge is -2.12. The Hall–Kier alpha value is -1.57. The zero-order valence-electron chi connectivity index (χ0n) is 10.5. The summed E-state index contributed by atoms with van der Waals surface area (Å²) in [4.78, 5) is 11.0. The van der Waals surface area contributed by atoms with Crippen molar-refractivity contribution in [3.05, 3.63) is 36.0 Å². The summed E-state index contributed by atoms with van der Waals surface area (Å²) in [7, 11) is 0. The van der Waals surface area contributed by atoms with E-state index >= 15 is 0 Å². The molecule has 0 aliphatic carbocycles. The lowest BCUT2D eigenvalue weighted by atomic mass is 10.1. The van der Waals surface area contributed by atoms with Gasteiger partial charge in [-0.05, 0) is 18.4 Å². The highest BCUT2D eigenvalue weighted by molar-refractivity contribution is 5.97. The standard InChI is InChI=1S/C15H19NO/c1-3-6-12(2)9-16-10-13(11-17)14-7-4-5-8-15(14)16/h4-5,7-8,10-12H,3,6,9H2,1-2H3. The minimum absolute atomic E-state index is 0.648. The van der Waals surface area contributed by atoms with Gasteiger partial charge in [-0.1, -0.05) is 38.5 Å². The van der Waals surface area contributed by atoms with Gasteiger partial charge in [-0.2, -0.15) is 0 Å². The molecule has 17 heavy (non-hydrogen) atoms. The van der Waals surface area contributed by atoms with E-state index in [-0.39, 0.29) is 0 Å². The highest BCUT2D eigenvalue weighted by atomic mass is 16.1. The Morgan fingerprint density at radius 1 is 1.35 bits per heavy atom. The van der Waals surface area contributed by atoms with Crippen LogP contribution in [0.15, 0.2) is 30.5 Å². The lowest BCUT2D eigenvalue weighted by Crippen LogP contribution is -2.06. The number of hydrogen-bond donors (Lipinski definition) is 0. The fraction of sp³-hybridized carbons (Fsp3) is 0.400. The smallest absolute Gasteiger partial charge is 0.152 e. The second-order valence-electron chi connectivity index (χ2n) is 4.77. The van der Waals surface area contributed by atoms with Gasteiger partial charge in [-0.25, -0.2) is 0 Å². The molecule has 0 radical (unpaired) electrons. The molecule has 2 rings (SSSR count). The van der Waals surface area contributed by atoms with Crippen molar-refractivity contribution in [2.45, 2.75) is 33.2 Å². The van der Waals surface area contributed by atoms with Gasteiger partial charge in [0.1, 0.15) is 0 Å². The van der Waals surface area contributed by atoms with Crippen molar-refractivity contribution >= 4 is 17.2 Å². The molecule has 0 N–H and O–H groups in total. The van der Waals surface area contributed by atoms with Gasteiger partial charge in [-0.15, -0.1) is 0 Å². The third-order valence-corrected chi connectivity index (χ3v) is 3.24. The van der Waals surface area contributed by atoms with Crippen LogP contribution in [0.25, 0.3) is 10.9 Å². The summed E-state index contributed by atoms with van der Waals surface area (Å²) >= 11 is 0. The number of hydrogen-bond acceptors (Lipinski definition) is 1. The van der Waals surface area contributed by atoms with Crippen LogP contribution in [0.1, 0.15) is 37.0 Å². The topological polar surface area (TPSA) is 22.0 Å². The number of nitrogens with zero attached hydrogens (tertiary/aromatic N) is 1. The lowest BCUT2D eigenvalue weighted by molar-refractivity contribution is 0.112. The summed E-state index contributed by atoms with van der Waals surface area (Å²) < 4.78 is 2.21. The Morgan fingerprint density at radius 3 is 2.82 bits per heavy atom. The van der Waals surface area contributed by atoms with Crippen molar-refractivity contribution in [1.82, 2.24) is 4.57 Å². The number of carbonyl (C=O) groups excluding carboxylic acids is 1. The third kappa shape index (κ3) is 2.41. The number of carbonyl (C=O) groups is 1. The minimum atomic E-state index is 0.648. The molecular formula is C15H19NO. The Bertz CT molecular complexity index is 513. The average Bonchev–Trinajstić information content (AvgIpc) is 2.68. The molecule has 2 aromatic rings. The summed E-state index contributed by atoms with van der Waals surface area (Å²) in [6, 6.07) is 8.11. The van der Waals surface area contributed by atoms with E-state index in [4.69, 9.17) is 0 Å². The number of aldehydes is 1. The molecule has 1 unspecified atom stereocenters. The van der Waals surface area contributed by atoms with Gasteiger partial charge in [-0.3, -0.25) is 4.79 Å². The van der Waals surface area contributed by atoms with E-state index in [1.807, 2.05) is 24.4 Å². The van der Waals surface area contributed by atoms with E-state index in [2.05, 4.69) is 24.5 Å². The molecule has 0 fully saturated rings. The van der Waals surface area contributed by atoms with Crippen molar-refractivity contribution in [3.63, 3.8) is 0 Å². The number of rotatable bonds is 5. The van der Waals surface area contributed by atoms with Gasteiger partial charge in [0.15, 0.2) is 6.29 Å². The van der Waals surface area contributed by atoms with Gasteiger partial charge >= 0.3 is 0 Å². The Balaban J connectivity index is 2.37. The van der Waals surface area contributed by atoms with Gasteiger partial charge in [0.25, 0.3) is 0 Å². The summed E-state index contributed by atoms with van der Waals surface area (Å²) in [6.07, 6.45) is 5.36. The zero-order valence-corrected chi connectivity index (χ0v) is 10.5. The van der Waals surface area contributed by atoms with Crippen LogP contribution in [0.4, 0.5) is 0 Å². The highest BCUT2D eigenvalue weighted by Gasteiger charge is 2.09. The monoisotopic (exact) mass is 229 g/mol. The molecule has 2 heteroatoms. The van der Waals surface area contributed by atoms with Crippen LogP contribution in [0, 0.1) is 5.92 Å². The molecule has 0 saturated heterocycles. The van der Waals surface area contributed by atoms with Crippen LogP contribution in [0.3, 0.4) is 0 Å². The van der Waals surface area contributed by atoms with Crippen molar-refractivity contribution in [3.8, 4) is 0 Å².